The number of carbonyl (C=O) groups excluding carboxylic acids is 1. The fourth-order valence-corrected chi connectivity index (χ4v) is 1.72. The van der Waals surface area contributed by atoms with E-state index in [1.807, 2.05) is 0 Å². The zero-order valence-corrected chi connectivity index (χ0v) is 11.9. The summed E-state index contributed by atoms with van der Waals surface area (Å²) in [6, 6.07) is 3.37. The largest absolute Gasteiger partial charge is 0.481 e. The number of halogens is 2. The minimum Gasteiger partial charge on any atom is -0.481 e. The highest BCUT2D eigenvalue weighted by Crippen LogP contribution is 2.19. The molecular weight excluding hydrogens is 287 g/mol. The van der Waals surface area contributed by atoms with Gasteiger partial charge in [-0.15, -0.1) is 0 Å². The number of hydrogen-bond donors (Lipinski definition) is 2. The molecule has 0 radical (unpaired) electrons. The smallest absolute Gasteiger partial charge is 0.321 e. The molecule has 0 aromatic heterocycles. The molecule has 0 bridgehead atoms. The van der Waals surface area contributed by atoms with Crippen LogP contribution in [0.4, 0.5) is 14.9 Å². The lowest BCUT2D eigenvalue weighted by atomic mass is 10.2. The monoisotopic (exact) mass is 302 g/mol. The molecule has 1 aromatic rings. The van der Waals surface area contributed by atoms with Crippen LogP contribution in [-0.4, -0.2) is 35.1 Å². The maximum absolute atomic E-state index is 13.0. The van der Waals surface area contributed by atoms with Gasteiger partial charge in [-0.2, -0.15) is 0 Å². The third-order valence-corrected chi connectivity index (χ3v) is 3.05. The van der Waals surface area contributed by atoms with Gasteiger partial charge in [0, 0.05) is 18.8 Å². The Labute approximate surface area is 121 Å². The maximum atomic E-state index is 13.0. The Hall–Kier alpha value is -1.82. The minimum absolute atomic E-state index is 0.0899. The van der Waals surface area contributed by atoms with Crippen LogP contribution in [0.3, 0.4) is 0 Å². The number of urea groups is 1. The van der Waals surface area contributed by atoms with E-state index in [0.717, 1.165) is 6.07 Å². The fraction of sp³-hybridized carbons (Fsp3) is 0.385. The number of nitrogens with one attached hydrogen (secondary N) is 1. The number of aliphatic carboxylic acids is 1. The summed E-state index contributed by atoms with van der Waals surface area (Å²) in [5, 5.41) is 11.3. The summed E-state index contributed by atoms with van der Waals surface area (Å²) >= 11 is 5.62. The number of carboxylic acids is 1. The first-order chi connectivity index (χ1) is 9.35. The van der Waals surface area contributed by atoms with Crippen molar-refractivity contribution in [3.05, 3.63) is 29.0 Å². The van der Waals surface area contributed by atoms with E-state index in [4.69, 9.17) is 16.7 Å². The highest BCUT2D eigenvalue weighted by atomic mass is 35.5. The topological polar surface area (TPSA) is 69.6 Å². The van der Waals surface area contributed by atoms with Gasteiger partial charge in [-0.05, 0) is 25.1 Å². The molecule has 0 aliphatic rings. The van der Waals surface area contributed by atoms with Crippen LogP contribution < -0.4 is 5.32 Å². The van der Waals surface area contributed by atoms with Crippen LogP contribution in [0.15, 0.2) is 18.2 Å². The molecule has 1 atom stereocenters. The molecule has 1 unspecified atom stereocenters. The van der Waals surface area contributed by atoms with Crippen molar-refractivity contribution in [2.45, 2.75) is 13.8 Å². The Morgan fingerprint density at radius 2 is 2.15 bits per heavy atom. The fourth-order valence-electron chi connectivity index (χ4n) is 1.54. The van der Waals surface area contributed by atoms with Crippen molar-refractivity contribution in [3.63, 3.8) is 0 Å². The van der Waals surface area contributed by atoms with E-state index in [-0.39, 0.29) is 11.6 Å². The van der Waals surface area contributed by atoms with Gasteiger partial charge in [0.15, 0.2) is 0 Å². The molecule has 0 fully saturated rings. The molecule has 2 amide bonds. The van der Waals surface area contributed by atoms with Crippen LogP contribution in [-0.2, 0) is 4.79 Å². The SMILES string of the molecule is CCN(CC(C)C(=O)O)C(=O)Nc1ccc(F)c(Cl)c1. The highest BCUT2D eigenvalue weighted by Gasteiger charge is 2.19. The Morgan fingerprint density at radius 1 is 1.50 bits per heavy atom. The van der Waals surface area contributed by atoms with Gasteiger partial charge in [0.1, 0.15) is 5.82 Å². The lowest BCUT2D eigenvalue weighted by Gasteiger charge is -2.23. The number of rotatable bonds is 5. The van der Waals surface area contributed by atoms with Crippen LogP contribution in [0, 0.1) is 11.7 Å². The Bertz CT molecular complexity index is 510. The van der Waals surface area contributed by atoms with Crippen LogP contribution in [0.5, 0.6) is 0 Å². The van der Waals surface area contributed by atoms with Crippen LogP contribution in [0.2, 0.25) is 5.02 Å². The zero-order valence-electron chi connectivity index (χ0n) is 11.2. The van der Waals surface area contributed by atoms with Crippen molar-refractivity contribution in [3.8, 4) is 0 Å². The lowest BCUT2D eigenvalue weighted by Crippen LogP contribution is -2.39. The van der Waals surface area contributed by atoms with Gasteiger partial charge in [0.05, 0.1) is 10.9 Å². The number of nitrogens with zero attached hydrogens (tertiary/aromatic N) is 1. The minimum atomic E-state index is -0.971. The Balaban J connectivity index is 2.72. The number of hydrogen-bond acceptors (Lipinski definition) is 2. The summed E-state index contributed by atoms with van der Waals surface area (Å²) in [5.41, 5.74) is 0.350. The summed E-state index contributed by atoms with van der Waals surface area (Å²) in [7, 11) is 0. The van der Waals surface area contributed by atoms with Gasteiger partial charge in [-0.25, -0.2) is 9.18 Å². The van der Waals surface area contributed by atoms with Gasteiger partial charge in [-0.3, -0.25) is 4.79 Å². The van der Waals surface area contributed by atoms with Gasteiger partial charge < -0.3 is 15.3 Å². The number of anilines is 1. The molecule has 2 N–H and O–H groups in total. The summed E-state index contributed by atoms with van der Waals surface area (Å²) in [4.78, 5) is 24.1. The number of carboxylic acid groups (broad SMARTS) is 1. The quantitative estimate of drug-likeness (QED) is 0.878. The van der Waals surface area contributed by atoms with Crippen molar-refractivity contribution < 1.29 is 19.1 Å². The molecule has 0 heterocycles. The molecule has 20 heavy (non-hydrogen) atoms. The standard InChI is InChI=1S/C13H16ClFN2O3/c1-3-17(7-8(2)12(18)19)13(20)16-9-4-5-11(15)10(14)6-9/h4-6,8H,3,7H2,1-2H3,(H,16,20)(H,18,19). The normalized spacial score (nSPS) is 11.8. The number of amides is 2. The van der Waals surface area contributed by atoms with E-state index < -0.39 is 23.7 Å². The first-order valence-corrected chi connectivity index (χ1v) is 6.46. The van der Waals surface area contributed by atoms with Gasteiger partial charge in [-0.1, -0.05) is 18.5 Å². The number of benzene rings is 1. The molecule has 1 rings (SSSR count). The van der Waals surface area contributed by atoms with E-state index in [1.54, 1.807) is 6.92 Å². The molecule has 0 aliphatic carbocycles. The average Bonchev–Trinajstić information content (AvgIpc) is 2.39. The predicted molar refractivity (Wildman–Crippen MR) is 74.5 cm³/mol. The van der Waals surface area contributed by atoms with E-state index >= 15 is 0 Å². The van der Waals surface area contributed by atoms with Gasteiger partial charge >= 0.3 is 12.0 Å². The molecule has 0 saturated heterocycles. The van der Waals surface area contributed by atoms with E-state index in [0.29, 0.717) is 12.2 Å². The Morgan fingerprint density at radius 3 is 2.65 bits per heavy atom. The van der Waals surface area contributed by atoms with Crippen LogP contribution in [0.25, 0.3) is 0 Å². The van der Waals surface area contributed by atoms with Crippen molar-refractivity contribution in [1.82, 2.24) is 4.90 Å². The molecule has 110 valence electrons. The van der Waals surface area contributed by atoms with Crippen molar-refractivity contribution in [1.29, 1.82) is 0 Å². The molecule has 0 aliphatic heterocycles. The highest BCUT2D eigenvalue weighted by molar-refractivity contribution is 6.31. The van der Waals surface area contributed by atoms with E-state index in [9.17, 15) is 14.0 Å². The zero-order chi connectivity index (χ0) is 15.3. The molecule has 1 aromatic carbocycles. The van der Waals surface area contributed by atoms with Gasteiger partial charge in [0.25, 0.3) is 0 Å². The van der Waals surface area contributed by atoms with Crippen molar-refractivity contribution in [2.75, 3.05) is 18.4 Å². The summed E-state index contributed by atoms with van der Waals surface area (Å²) in [6.45, 7) is 3.71. The lowest BCUT2D eigenvalue weighted by molar-refractivity contribution is -0.141. The van der Waals surface area contributed by atoms with E-state index in [2.05, 4.69) is 5.32 Å². The first-order valence-electron chi connectivity index (χ1n) is 6.09. The second-order valence-corrected chi connectivity index (χ2v) is 4.74. The third kappa shape index (κ3) is 4.38. The first kappa shape index (κ1) is 16.2. The third-order valence-electron chi connectivity index (χ3n) is 2.76. The van der Waals surface area contributed by atoms with Gasteiger partial charge in [0.2, 0.25) is 0 Å². The number of carbonyl (C=O) groups is 2. The maximum Gasteiger partial charge on any atom is 0.321 e. The molecule has 7 heteroatoms. The molecular formula is C13H16ClFN2O3. The van der Waals surface area contributed by atoms with Crippen LogP contribution in [0.1, 0.15) is 13.8 Å². The van der Waals surface area contributed by atoms with Crippen LogP contribution >= 0.6 is 11.6 Å². The Kier molecular flexibility index (Phi) is 5.76. The average molecular weight is 303 g/mol. The summed E-state index contributed by atoms with van der Waals surface area (Å²) in [6.07, 6.45) is 0. The van der Waals surface area contributed by atoms with Crippen molar-refractivity contribution in [2.24, 2.45) is 5.92 Å². The summed E-state index contributed by atoms with van der Waals surface area (Å²) < 4.78 is 13.0. The predicted octanol–water partition coefficient (Wildman–Crippen LogP) is 3.05. The molecule has 0 spiro atoms. The van der Waals surface area contributed by atoms with Crippen molar-refractivity contribution >= 4 is 29.3 Å². The van der Waals surface area contributed by atoms with E-state index in [1.165, 1.54) is 24.0 Å². The molecule has 5 nitrogen and oxygen atoms in total. The second-order valence-electron chi connectivity index (χ2n) is 4.34. The summed E-state index contributed by atoms with van der Waals surface area (Å²) in [5.74, 6) is -2.21. The molecule has 0 saturated carbocycles. The second kappa shape index (κ2) is 7.09.